The van der Waals surface area contributed by atoms with Gasteiger partial charge >= 0.3 is 7.60 Å². The standard InChI is InChI=1S/C19H22NO3P/c1-4-17(24(21,22-2)23-3)18-15-12-8-9-13-16(15)20-19(18)14-10-6-5-7-11-14/h5-13,17,20H,4H2,1-3H3. The summed E-state index contributed by atoms with van der Waals surface area (Å²) < 4.78 is 23.8. The summed E-state index contributed by atoms with van der Waals surface area (Å²) >= 11 is 0. The van der Waals surface area contributed by atoms with Gasteiger partial charge in [-0.05, 0) is 18.1 Å². The summed E-state index contributed by atoms with van der Waals surface area (Å²) in [6.07, 6.45) is 0.653. The molecule has 0 amide bonds. The van der Waals surface area contributed by atoms with Crippen LogP contribution in [-0.2, 0) is 13.6 Å². The smallest absolute Gasteiger partial charge is 0.337 e. The molecule has 0 spiro atoms. The summed E-state index contributed by atoms with van der Waals surface area (Å²) in [7, 11) is -0.355. The van der Waals surface area contributed by atoms with Crippen LogP contribution >= 0.6 is 7.60 Å². The number of fused-ring (bicyclic) bond motifs is 1. The minimum absolute atomic E-state index is 0.334. The van der Waals surface area contributed by atoms with Crippen LogP contribution in [0.15, 0.2) is 54.6 Å². The first-order chi connectivity index (χ1) is 11.6. The van der Waals surface area contributed by atoms with E-state index in [1.807, 2.05) is 61.5 Å². The fourth-order valence-corrected chi connectivity index (χ4v) is 4.95. The molecule has 1 atom stereocenters. The van der Waals surface area contributed by atoms with Crippen molar-refractivity contribution in [3.8, 4) is 11.3 Å². The number of H-pyrrole nitrogens is 1. The van der Waals surface area contributed by atoms with Crippen LogP contribution in [0, 0.1) is 0 Å². The molecule has 1 unspecified atom stereocenters. The molecule has 1 N–H and O–H groups in total. The first kappa shape index (κ1) is 17.0. The fourth-order valence-electron chi connectivity index (χ4n) is 3.26. The molecule has 0 saturated carbocycles. The van der Waals surface area contributed by atoms with Crippen LogP contribution in [0.1, 0.15) is 24.6 Å². The zero-order chi connectivity index (χ0) is 17.2. The van der Waals surface area contributed by atoms with Crippen molar-refractivity contribution in [1.82, 2.24) is 4.98 Å². The molecule has 2 aromatic carbocycles. The van der Waals surface area contributed by atoms with Gasteiger partial charge in [0.1, 0.15) is 0 Å². The highest BCUT2D eigenvalue weighted by atomic mass is 31.2. The maximum atomic E-state index is 13.1. The Morgan fingerprint density at radius 3 is 2.25 bits per heavy atom. The quantitative estimate of drug-likeness (QED) is 0.578. The molecule has 1 aromatic heterocycles. The Kier molecular flexibility index (Phi) is 4.91. The predicted molar refractivity (Wildman–Crippen MR) is 98.4 cm³/mol. The van der Waals surface area contributed by atoms with E-state index in [1.54, 1.807) is 0 Å². The number of para-hydroxylation sites is 1. The maximum Gasteiger partial charge on any atom is 0.337 e. The van der Waals surface area contributed by atoms with E-state index in [9.17, 15) is 4.57 Å². The number of benzene rings is 2. The largest absolute Gasteiger partial charge is 0.354 e. The van der Waals surface area contributed by atoms with Gasteiger partial charge in [0.15, 0.2) is 0 Å². The molecule has 5 heteroatoms. The average Bonchev–Trinajstić information content (AvgIpc) is 3.02. The molecule has 0 saturated heterocycles. The number of hydrogen-bond acceptors (Lipinski definition) is 3. The van der Waals surface area contributed by atoms with Crippen molar-refractivity contribution in [1.29, 1.82) is 0 Å². The average molecular weight is 343 g/mol. The Morgan fingerprint density at radius 1 is 1.00 bits per heavy atom. The molecular weight excluding hydrogens is 321 g/mol. The monoisotopic (exact) mass is 343 g/mol. The summed E-state index contributed by atoms with van der Waals surface area (Å²) in [4.78, 5) is 3.48. The number of nitrogens with one attached hydrogen (secondary N) is 1. The van der Waals surface area contributed by atoms with Gasteiger partial charge in [-0.25, -0.2) is 0 Å². The molecule has 1 heterocycles. The molecule has 3 aromatic rings. The zero-order valence-electron chi connectivity index (χ0n) is 14.2. The second-order valence-corrected chi connectivity index (χ2v) is 8.09. The molecule has 0 bridgehead atoms. The van der Waals surface area contributed by atoms with Crippen molar-refractivity contribution in [3.05, 3.63) is 60.2 Å². The van der Waals surface area contributed by atoms with Crippen LogP contribution in [0.5, 0.6) is 0 Å². The van der Waals surface area contributed by atoms with Gasteiger partial charge < -0.3 is 14.0 Å². The Morgan fingerprint density at radius 2 is 1.62 bits per heavy atom. The minimum Gasteiger partial charge on any atom is -0.354 e. The van der Waals surface area contributed by atoms with Gasteiger partial charge in [-0.1, -0.05) is 55.5 Å². The molecule has 24 heavy (non-hydrogen) atoms. The number of aromatic nitrogens is 1. The first-order valence-corrected chi connectivity index (χ1v) is 9.63. The fraction of sp³-hybridized carbons (Fsp3) is 0.263. The summed E-state index contributed by atoms with van der Waals surface area (Å²) in [6, 6.07) is 18.1. The van der Waals surface area contributed by atoms with Crippen molar-refractivity contribution in [2.75, 3.05) is 14.2 Å². The van der Waals surface area contributed by atoms with Crippen molar-refractivity contribution in [3.63, 3.8) is 0 Å². The summed E-state index contributed by atoms with van der Waals surface area (Å²) in [5.41, 5.74) is 3.70. The topological polar surface area (TPSA) is 51.3 Å². The van der Waals surface area contributed by atoms with E-state index in [2.05, 4.69) is 4.98 Å². The lowest BCUT2D eigenvalue weighted by Crippen LogP contribution is -2.04. The predicted octanol–water partition coefficient (Wildman–Crippen LogP) is 5.77. The Bertz CT molecular complexity index is 865. The van der Waals surface area contributed by atoms with E-state index in [0.717, 1.165) is 27.7 Å². The van der Waals surface area contributed by atoms with Crippen LogP contribution in [0.4, 0.5) is 0 Å². The van der Waals surface area contributed by atoms with Gasteiger partial charge in [0, 0.05) is 30.7 Å². The SMILES string of the molecule is CCC(c1c(-c2ccccc2)[nH]c2ccccc12)P(=O)(OC)OC. The molecule has 126 valence electrons. The number of aromatic amines is 1. The molecule has 0 fully saturated rings. The number of hydrogen-bond donors (Lipinski definition) is 1. The van der Waals surface area contributed by atoms with E-state index in [1.165, 1.54) is 14.2 Å². The van der Waals surface area contributed by atoms with E-state index in [-0.39, 0.29) is 5.66 Å². The first-order valence-electron chi connectivity index (χ1n) is 8.01. The zero-order valence-corrected chi connectivity index (χ0v) is 15.0. The second kappa shape index (κ2) is 6.94. The molecule has 0 aliphatic rings. The third-order valence-electron chi connectivity index (χ3n) is 4.42. The van der Waals surface area contributed by atoms with E-state index < -0.39 is 7.60 Å². The molecule has 0 aliphatic heterocycles. The van der Waals surface area contributed by atoms with Crippen LogP contribution in [-0.4, -0.2) is 19.2 Å². The van der Waals surface area contributed by atoms with E-state index >= 15 is 0 Å². The molecular formula is C19H22NO3P. The van der Waals surface area contributed by atoms with Crippen molar-refractivity contribution >= 4 is 18.5 Å². The van der Waals surface area contributed by atoms with E-state index in [4.69, 9.17) is 9.05 Å². The third-order valence-corrected chi connectivity index (χ3v) is 6.82. The highest BCUT2D eigenvalue weighted by molar-refractivity contribution is 7.54. The summed E-state index contributed by atoms with van der Waals surface area (Å²) in [5, 5.41) is 1.05. The van der Waals surface area contributed by atoms with Crippen molar-refractivity contribution in [2.45, 2.75) is 19.0 Å². The lowest BCUT2D eigenvalue weighted by atomic mass is 10.0. The Hall–Kier alpha value is -1.87. The lowest BCUT2D eigenvalue weighted by molar-refractivity contribution is 0.265. The molecule has 3 rings (SSSR count). The molecule has 4 nitrogen and oxygen atoms in total. The third kappa shape index (κ3) is 2.82. The second-order valence-electron chi connectivity index (χ2n) is 5.65. The van der Waals surface area contributed by atoms with E-state index in [0.29, 0.717) is 6.42 Å². The molecule has 0 radical (unpaired) electrons. The summed E-state index contributed by atoms with van der Waals surface area (Å²) in [5.74, 6) is 0. The highest BCUT2D eigenvalue weighted by Crippen LogP contribution is 2.63. The maximum absolute atomic E-state index is 13.1. The Balaban J connectivity index is 2.31. The van der Waals surface area contributed by atoms with Gasteiger partial charge in [-0.3, -0.25) is 4.57 Å². The van der Waals surface area contributed by atoms with Crippen molar-refractivity contribution in [2.24, 2.45) is 0 Å². The highest BCUT2D eigenvalue weighted by Gasteiger charge is 2.37. The minimum atomic E-state index is -3.25. The van der Waals surface area contributed by atoms with Gasteiger partial charge in [-0.2, -0.15) is 0 Å². The lowest BCUT2D eigenvalue weighted by Gasteiger charge is -2.24. The normalized spacial score (nSPS) is 13.3. The van der Waals surface area contributed by atoms with Gasteiger partial charge in [-0.15, -0.1) is 0 Å². The van der Waals surface area contributed by atoms with Gasteiger partial charge in [0.25, 0.3) is 0 Å². The van der Waals surface area contributed by atoms with Crippen LogP contribution in [0.2, 0.25) is 0 Å². The van der Waals surface area contributed by atoms with Gasteiger partial charge in [0.05, 0.1) is 11.4 Å². The summed E-state index contributed by atoms with van der Waals surface area (Å²) in [6.45, 7) is 2.01. The number of rotatable bonds is 6. The van der Waals surface area contributed by atoms with Crippen LogP contribution < -0.4 is 0 Å². The molecule has 0 aliphatic carbocycles. The Labute approximate surface area is 142 Å². The van der Waals surface area contributed by atoms with Crippen LogP contribution in [0.25, 0.3) is 22.2 Å². The van der Waals surface area contributed by atoms with Gasteiger partial charge in [0.2, 0.25) is 0 Å². The van der Waals surface area contributed by atoms with Crippen LogP contribution in [0.3, 0.4) is 0 Å². The van der Waals surface area contributed by atoms with Crippen molar-refractivity contribution < 1.29 is 13.6 Å².